The SMILES string of the molecule is CCC1CCSC(Nc2ccc(Br)c(F)c2)=N1. The Morgan fingerprint density at radius 1 is 1.59 bits per heavy atom. The number of aliphatic imine (C=N–C) groups is 1. The first-order chi connectivity index (χ1) is 8.19. The monoisotopic (exact) mass is 316 g/mol. The minimum absolute atomic E-state index is 0.261. The van der Waals surface area contributed by atoms with Crippen LogP contribution < -0.4 is 5.32 Å². The van der Waals surface area contributed by atoms with Crippen molar-refractivity contribution in [2.45, 2.75) is 25.8 Å². The van der Waals surface area contributed by atoms with Gasteiger partial charge in [-0.1, -0.05) is 18.7 Å². The molecular formula is C12H14BrFN2S. The van der Waals surface area contributed by atoms with E-state index in [0.29, 0.717) is 10.5 Å². The van der Waals surface area contributed by atoms with E-state index < -0.39 is 0 Å². The fraction of sp³-hybridized carbons (Fsp3) is 0.417. The van der Waals surface area contributed by atoms with Crippen LogP contribution in [0.3, 0.4) is 0 Å². The van der Waals surface area contributed by atoms with Crippen LogP contribution in [0, 0.1) is 5.82 Å². The topological polar surface area (TPSA) is 24.4 Å². The molecule has 1 aliphatic heterocycles. The van der Waals surface area contributed by atoms with Gasteiger partial charge in [-0.15, -0.1) is 0 Å². The third-order valence-electron chi connectivity index (χ3n) is 2.63. The fourth-order valence-corrected chi connectivity index (χ4v) is 2.86. The summed E-state index contributed by atoms with van der Waals surface area (Å²) in [6, 6.07) is 5.41. The van der Waals surface area contributed by atoms with Crippen molar-refractivity contribution in [3.05, 3.63) is 28.5 Å². The van der Waals surface area contributed by atoms with Crippen LogP contribution in [-0.2, 0) is 0 Å². The van der Waals surface area contributed by atoms with Gasteiger partial charge in [-0.25, -0.2) is 4.39 Å². The maximum Gasteiger partial charge on any atom is 0.161 e. The number of benzene rings is 1. The lowest BCUT2D eigenvalue weighted by molar-refractivity contribution is 0.621. The van der Waals surface area contributed by atoms with Crippen LogP contribution in [0.1, 0.15) is 19.8 Å². The van der Waals surface area contributed by atoms with E-state index in [0.717, 1.165) is 29.4 Å². The average Bonchev–Trinajstić information content (AvgIpc) is 2.34. The van der Waals surface area contributed by atoms with Gasteiger partial charge < -0.3 is 5.32 Å². The molecule has 1 aromatic rings. The zero-order valence-electron chi connectivity index (χ0n) is 9.54. The van der Waals surface area contributed by atoms with Gasteiger partial charge in [0, 0.05) is 11.4 Å². The molecule has 2 nitrogen and oxygen atoms in total. The van der Waals surface area contributed by atoms with Crippen LogP contribution in [0.2, 0.25) is 0 Å². The van der Waals surface area contributed by atoms with Crippen LogP contribution in [0.5, 0.6) is 0 Å². The molecule has 1 aliphatic rings. The highest BCUT2D eigenvalue weighted by Gasteiger charge is 2.14. The Bertz CT molecular complexity index is 437. The average molecular weight is 317 g/mol. The minimum atomic E-state index is -0.261. The van der Waals surface area contributed by atoms with Gasteiger partial charge in [0.2, 0.25) is 0 Å². The van der Waals surface area contributed by atoms with Crippen molar-refractivity contribution in [1.82, 2.24) is 0 Å². The van der Waals surface area contributed by atoms with Crippen molar-refractivity contribution in [2.24, 2.45) is 4.99 Å². The maximum atomic E-state index is 13.3. The molecule has 0 aliphatic carbocycles. The molecule has 0 bridgehead atoms. The van der Waals surface area contributed by atoms with Gasteiger partial charge in [-0.05, 0) is 47.0 Å². The summed E-state index contributed by atoms with van der Waals surface area (Å²) in [6.45, 7) is 2.14. The number of halogens is 2. The number of thioether (sulfide) groups is 1. The highest BCUT2D eigenvalue weighted by atomic mass is 79.9. The van der Waals surface area contributed by atoms with Gasteiger partial charge in [0.1, 0.15) is 5.82 Å². The van der Waals surface area contributed by atoms with Gasteiger partial charge >= 0.3 is 0 Å². The third-order valence-corrected chi connectivity index (χ3v) is 4.20. The number of rotatable bonds is 2. The van der Waals surface area contributed by atoms with Gasteiger partial charge in [0.15, 0.2) is 5.17 Å². The van der Waals surface area contributed by atoms with E-state index in [1.54, 1.807) is 17.8 Å². The molecule has 92 valence electrons. The molecule has 0 amide bonds. The standard InChI is InChI=1S/C12H14BrFN2S/c1-2-8-5-6-17-12(15-8)16-9-3-4-10(13)11(14)7-9/h3-4,7-8H,2,5-6H2,1H3,(H,15,16). The first-order valence-electron chi connectivity index (χ1n) is 5.61. The predicted molar refractivity (Wildman–Crippen MR) is 76.3 cm³/mol. The van der Waals surface area contributed by atoms with Crippen molar-refractivity contribution >= 4 is 38.5 Å². The first-order valence-corrected chi connectivity index (χ1v) is 7.39. The summed E-state index contributed by atoms with van der Waals surface area (Å²) >= 11 is 4.83. The zero-order chi connectivity index (χ0) is 12.3. The van der Waals surface area contributed by atoms with Gasteiger partial charge in [-0.3, -0.25) is 4.99 Å². The Morgan fingerprint density at radius 2 is 2.41 bits per heavy atom. The van der Waals surface area contributed by atoms with E-state index in [-0.39, 0.29) is 5.82 Å². The normalized spacial score (nSPS) is 19.9. The lowest BCUT2D eigenvalue weighted by Gasteiger charge is -2.19. The number of hydrogen-bond acceptors (Lipinski definition) is 3. The smallest absolute Gasteiger partial charge is 0.161 e. The second-order valence-electron chi connectivity index (χ2n) is 3.89. The van der Waals surface area contributed by atoms with Crippen molar-refractivity contribution in [1.29, 1.82) is 0 Å². The molecule has 5 heteroatoms. The molecule has 1 aromatic carbocycles. The van der Waals surface area contributed by atoms with Gasteiger partial charge in [-0.2, -0.15) is 0 Å². The van der Waals surface area contributed by atoms with Crippen molar-refractivity contribution in [2.75, 3.05) is 11.1 Å². The third kappa shape index (κ3) is 3.45. The summed E-state index contributed by atoms with van der Waals surface area (Å²) < 4.78 is 13.8. The first kappa shape index (κ1) is 12.9. The molecular weight excluding hydrogens is 303 g/mol. The lowest BCUT2D eigenvalue weighted by Crippen LogP contribution is -2.19. The molecule has 0 radical (unpaired) electrons. The quantitative estimate of drug-likeness (QED) is 0.881. The number of nitrogens with one attached hydrogen (secondary N) is 1. The predicted octanol–water partition coefficient (Wildman–Crippen LogP) is 4.27. The molecule has 0 fully saturated rings. The Morgan fingerprint density at radius 3 is 3.12 bits per heavy atom. The number of hydrogen-bond donors (Lipinski definition) is 1. The maximum absolute atomic E-state index is 13.3. The van der Waals surface area contributed by atoms with Crippen molar-refractivity contribution < 1.29 is 4.39 Å². The van der Waals surface area contributed by atoms with Crippen LogP contribution in [0.15, 0.2) is 27.7 Å². The molecule has 1 atom stereocenters. The van der Waals surface area contributed by atoms with Crippen molar-refractivity contribution in [3.8, 4) is 0 Å². The van der Waals surface area contributed by atoms with E-state index in [4.69, 9.17) is 0 Å². The summed E-state index contributed by atoms with van der Waals surface area (Å²) in [6.07, 6.45) is 2.18. The van der Waals surface area contributed by atoms with Crippen LogP contribution >= 0.6 is 27.7 Å². The highest BCUT2D eigenvalue weighted by molar-refractivity contribution is 9.10. The van der Waals surface area contributed by atoms with E-state index in [2.05, 4.69) is 33.2 Å². The van der Waals surface area contributed by atoms with Crippen molar-refractivity contribution in [3.63, 3.8) is 0 Å². The molecule has 1 unspecified atom stereocenters. The number of nitrogens with zero attached hydrogens (tertiary/aromatic N) is 1. The number of anilines is 1. The second-order valence-corrected chi connectivity index (χ2v) is 5.83. The molecule has 2 rings (SSSR count). The molecule has 0 saturated carbocycles. The Labute approximate surface area is 113 Å². The Kier molecular flexibility index (Phi) is 4.45. The fourth-order valence-electron chi connectivity index (χ4n) is 1.62. The Balaban J connectivity index is 2.09. The highest BCUT2D eigenvalue weighted by Crippen LogP contribution is 2.23. The molecule has 17 heavy (non-hydrogen) atoms. The summed E-state index contributed by atoms with van der Waals surface area (Å²) in [7, 11) is 0. The molecule has 0 aromatic heterocycles. The summed E-state index contributed by atoms with van der Waals surface area (Å²) in [5.74, 6) is 0.812. The Hall–Kier alpha value is -0.550. The van der Waals surface area contributed by atoms with Crippen LogP contribution in [0.25, 0.3) is 0 Å². The minimum Gasteiger partial charge on any atom is -0.335 e. The largest absolute Gasteiger partial charge is 0.335 e. The zero-order valence-corrected chi connectivity index (χ0v) is 11.9. The van der Waals surface area contributed by atoms with Crippen LogP contribution in [-0.4, -0.2) is 17.0 Å². The number of amidine groups is 1. The molecule has 1 N–H and O–H groups in total. The second kappa shape index (κ2) is 5.87. The molecule has 0 saturated heterocycles. The molecule has 0 spiro atoms. The summed E-state index contributed by atoms with van der Waals surface area (Å²) in [5, 5.41) is 4.06. The lowest BCUT2D eigenvalue weighted by atomic mass is 10.2. The van der Waals surface area contributed by atoms with E-state index in [1.165, 1.54) is 6.07 Å². The summed E-state index contributed by atoms with van der Waals surface area (Å²) in [5.41, 5.74) is 0.744. The summed E-state index contributed by atoms with van der Waals surface area (Å²) in [4.78, 5) is 4.58. The van der Waals surface area contributed by atoms with Gasteiger partial charge in [0.05, 0.1) is 10.5 Å². The van der Waals surface area contributed by atoms with Gasteiger partial charge in [0.25, 0.3) is 0 Å². The van der Waals surface area contributed by atoms with E-state index in [1.807, 2.05) is 6.07 Å². The van der Waals surface area contributed by atoms with Crippen LogP contribution in [0.4, 0.5) is 10.1 Å². The molecule has 1 heterocycles. The van der Waals surface area contributed by atoms with E-state index >= 15 is 0 Å². The van der Waals surface area contributed by atoms with E-state index in [9.17, 15) is 4.39 Å².